The molecule has 1 unspecified atom stereocenters. The molecule has 0 saturated heterocycles. The Kier molecular flexibility index (Phi) is 14.4. The molecule has 0 aliphatic heterocycles. The van der Waals surface area contributed by atoms with Crippen LogP contribution in [0.5, 0.6) is 0 Å². The van der Waals surface area contributed by atoms with Gasteiger partial charge in [-0.3, -0.25) is 4.79 Å². The van der Waals surface area contributed by atoms with Crippen molar-refractivity contribution in [2.75, 3.05) is 7.11 Å². The Morgan fingerprint density at radius 1 is 0.900 bits per heavy atom. The fourth-order valence-electron chi connectivity index (χ4n) is 2.47. The molecule has 0 rings (SSSR count). The van der Waals surface area contributed by atoms with E-state index in [1.165, 1.54) is 71.3 Å². The molecule has 1 atom stereocenters. The summed E-state index contributed by atoms with van der Waals surface area (Å²) in [4.78, 5) is 11.0. The molecule has 3 nitrogen and oxygen atoms in total. The van der Waals surface area contributed by atoms with Gasteiger partial charge < -0.3 is 10.5 Å². The Bertz CT molecular complexity index is 219. The third-order valence-electron chi connectivity index (χ3n) is 3.83. The second kappa shape index (κ2) is 14.8. The average Bonchev–Trinajstić information content (AvgIpc) is 2.44. The molecule has 20 heavy (non-hydrogen) atoms. The van der Waals surface area contributed by atoms with Crippen LogP contribution in [0.15, 0.2) is 0 Å². The van der Waals surface area contributed by atoms with Crippen LogP contribution in [0, 0.1) is 0 Å². The number of esters is 1. The van der Waals surface area contributed by atoms with E-state index >= 15 is 0 Å². The molecule has 0 bridgehead atoms. The monoisotopic (exact) mass is 285 g/mol. The molecule has 0 heterocycles. The van der Waals surface area contributed by atoms with Gasteiger partial charge >= 0.3 is 5.97 Å². The summed E-state index contributed by atoms with van der Waals surface area (Å²) in [5.74, 6) is -0.194. The summed E-state index contributed by atoms with van der Waals surface area (Å²) >= 11 is 0. The molecule has 0 amide bonds. The smallest absolute Gasteiger partial charge is 0.307 e. The van der Waals surface area contributed by atoms with Crippen molar-refractivity contribution >= 4 is 5.97 Å². The van der Waals surface area contributed by atoms with E-state index in [4.69, 9.17) is 5.73 Å². The van der Waals surface area contributed by atoms with Gasteiger partial charge in [-0.05, 0) is 6.42 Å². The van der Waals surface area contributed by atoms with E-state index in [0.29, 0.717) is 6.42 Å². The fraction of sp³-hybridized carbons (Fsp3) is 0.941. The van der Waals surface area contributed by atoms with E-state index in [2.05, 4.69) is 11.7 Å². The van der Waals surface area contributed by atoms with Crippen molar-refractivity contribution in [3.05, 3.63) is 0 Å². The lowest BCUT2D eigenvalue weighted by atomic mass is 10.0. The minimum Gasteiger partial charge on any atom is -0.469 e. The summed E-state index contributed by atoms with van der Waals surface area (Å²) in [5, 5.41) is 0. The van der Waals surface area contributed by atoms with Gasteiger partial charge in [-0.2, -0.15) is 0 Å². The van der Waals surface area contributed by atoms with E-state index in [0.717, 1.165) is 12.8 Å². The molecule has 0 aliphatic carbocycles. The number of hydrogen-bond donors (Lipinski definition) is 1. The number of nitrogens with two attached hydrogens (primary N) is 1. The van der Waals surface area contributed by atoms with E-state index in [1.807, 2.05) is 0 Å². The van der Waals surface area contributed by atoms with Crippen LogP contribution in [-0.4, -0.2) is 19.1 Å². The first-order valence-corrected chi connectivity index (χ1v) is 8.53. The molecular formula is C17H35NO2. The summed E-state index contributed by atoms with van der Waals surface area (Å²) in [7, 11) is 1.41. The summed E-state index contributed by atoms with van der Waals surface area (Å²) in [6.45, 7) is 2.26. The van der Waals surface area contributed by atoms with Crippen LogP contribution in [0.25, 0.3) is 0 Å². The highest BCUT2D eigenvalue weighted by atomic mass is 16.5. The number of carbonyl (C=O) groups is 1. The Hall–Kier alpha value is -0.570. The number of unbranched alkanes of at least 4 members (excludes halogenated alkanes) is 10. The fourth-order valence-corrected chi connectivity index (χ4v) is 2.47. The number of ether oxygens (including phenoxy) is 1. The first-order valence-electron chi connectivity index (χ1n) is 8.53. The number of carbonyl (C=O) groups excluding carboxylic acids is 1. The standard InChI is InChI=1S/C17H35NO2/c1-3-4-5-6-7-8-9-10-11-12-13-14-16(18)15-17(19)20-2/h16H,3-15,18H2,1-2H3. The van der Waals surface area contributed by atoms with Crippen molar-refractivity contribution in [1.29, 1.82) is 0 Å². The van der Waals surface area contributed by atoms with Crippen molar-refractivity contribution < 1.29 is 9.53 Å². The number of rotatable bonds is 14. The van der Waals surface area contributed by atoms with Gasteiger partial charge in [0.2, 0.25) is 0 Å². The molecular weight excluding hydrogens is 250 g/mol. The molecule has 0 aromatic carbocycles. The van der Waals surface area contributed by atoms with E-state index < -0.39 is 0 Å². The molecule has 0 aliphatic rings. The molecule has 2 N–H and O–H groups in total. The summed E-state index contributed by atoms with van der Waals surface area (Å²) in [6.07, 6.45) is 16.0. The summed E-state index contributed by atoms with van der Waals surface area (Å²) in [5.41, 5.74) is 5.87. The molecule has 0 radical (unpaired) electrons. The van der Waals surface area contributed by atoms with Crippen molar-refractivity contribution in [3.63, 3.8) is 0 Å². The van der Waals surface area contributed by atoms with Crippen molar-refractivity contribution in [2.45, 2.75) is 96.4 Å². The largest absolute Gasteiger partial charge is 0.469 e. The van der Waals surface area contributed by atoms with Crippen molar-refractivity contribution in [1.82, 2.24) is 0 Å². The summed E-state index contributed by atoms with van der Waals surface area (Å²) < 4.78 is 4.61. The molecule has 3 heteroatoms. The zero-order chi connectivity index (χ0) is 15.1. The van der Waals surface area contributed by atoms with Gasteiger partial charge in [-0.25, -0.2) is 0 Å². The normalized spacial score (nSPS) is 12.3. The van der Waals surface area contributed by atoms with Crippen molar-refractivity contribution in [3.8, 4) is 0 Å². The first kappa shape index (κ1) is 19.4. The second-order valence-corrected chi connectivity index (χ2v) is 5.86. The van der Waals surface area contributed by atoms with Crippen LogP contribution < -0.4 is 5.73 Å². The van der Waals surface area contributed by atoms with Crippen LogP contribution in [0.3, 0.4) is 0 Å². The van der Waals surface area contributed by atoms with Gasteiger partial charge in [0.15, 0.2) is 0 Å². The highest BCUT2D eigenvalue weighted by molar-refractivity contribution is 5.69. The van der Waals surface area contributed by atoms with Gasteiger partial charge in [-0.15, -0.1) is 0 Å². The Morgan fingerprint density at radius 2 is 1.35 bits per heavy atom. The van der Waals surface area contributed by atoms with Crippen LogP contribution in [0.1, 0.15) is 90.4 Å². The Balaban J connectivity index is 3.14. The van der Waals surface area contributed by atoms with Crippen LogP contribution in [0.2, 0.25) is 0 Å². The van der Waals surface area contributed by atoms with Crippen molar-refractivity contribution in [2.24, 2.45) is 5.73 Å². The molecule has 120 valence electrons. The molecule has 0 fully saturated rings. The van der Waals surface area contributed by atoms with E-state index in [9.17, 15) is 4.79 Å². The van der Waals surface area contributed by atoms with Gasteiger partial charge in [0.25, 0.3) is 0 Å². The predicted octanol–water partition coefficient (Wildman–Crippen LogP) is 4.58. The lowest BCUT2D eigenvalue weighted by Gasteiger charge is -2.09. The molecule has 0 aromatic rings. The maximum absolute atomic E-state index is 11.0. The van der Waals surface area contributed by atoms with Crippen LogP contribution in [0.4, 0.5) is 0 Å². The quantitative estimate of drug-likeness (QED) is 0.375. The topological polar surface area (TPSA) is 52.3 Å². The van der Waals surface area contributed by atoms with Gasteiger partial charge in [0, 0.05) is 6.04 Å². The maximum atomic E-state index is 11.0. The van der Waals surface area contributed by atoms with E-state index in [1.54, 1.807) is 0 Å². The first-order chi connectivity index (χ1) is 9.70. The van der Waals surface area contributed by atoms with Gasteiger partial charge in [0.05, 0.1) is 13.5 Å². The third-order valence-corrected chi connectivity index (χ3v) is 3.83. The minimum atomic E-state index is -0.194. The van der Waals surface area contributed by atoms with E-state index in [-0.39, 0.29) is 12.0 Å². The van der Waals surface area contributed by atoms with Gasteiger partial charge in [0.1, 0.15) is 0 Å². The molecule has 0 spiro atoms. The van der Waals surface area contributed by atoms with Crippen LogP contribution >= 0.6 is 0 Å². The Labute approximate surface area is 125 Å². The predicted molar refractivity (Wildman–Crippen MR) is 85.7 cm³/mol. The maximum Gasteiger partial charge on any atom is 0.307 e. The highest BCUT2D eigenvalue weighted by Crippen LogP contribution is 2.12. The third kappa shape index (κ3) is 13.9. The lowest BCUT2D eigenvalue weighted by Crippen LogP contribution is -2.24. The number of hydrogen-bond acceptors (Lipinski definition) is 3. The number of methoxy groups -OCH3 is 1. The zero-order valence-corrected chi connectivity index (χ0v) is 13.7. The minimum absolute atomic E-state index is 0.0268. The lowest BCUT2D eigenvalue weighted by molar-refractivity contribution is -0.141. The summed E-state index contributed by atoms with van der Waals surface area (Å²) in [6, 6.07) is -0.0268. The van der Waals surface area contributed by atoms with Crippen LogP contribution in [-0.2, 0) is 9.53 Å². The van der Waals surface area contributed by atoms with Gasteiger partial charge in [-0.1, -0.05) is 77.6 Å². The SMILES string of the molecule is CCCCCCCCCCCCCC(N)CC(=O)OC. The molecule has 0 saturated carbocycles. The zero-order valence-electron chi connectivity index (χ0n) is 13.7. The highest BCUT2D eigenvalue weighted by Gasteiger charge is 2.08. The molecule has 0 aromatic heterocycles. The Morgan fingerprint density at radius 3 is 1.80 bits per heavy atom. The average molecular weight is 285 g/mol. The second-order valence-electron chi connectivity index (χ2n) is 5.86.